The van der Waals surface area contributed by atoms with E-state index >= 15 is 0 Å². The van der Waals surface area contributed by atoms with Crippen LogP contribution < -0.4 is 21.3 Å². The van der Waals surface area contributed by atoms with E-state index in [1.165, 1.54) is 24.3 Å². The van der Waals surface area contributed by atoms with Crippen molar-refractivity contribution in [3.63, 3.8) is 0 Å². The molecule has 1 saturated carbocycles. The van der Waals surface area contributed by atoms with Crippen molar-refractivity contribution in [2.75, 3.05) is 18.4 Å². The van der Waals surface area contributed by atoms with E-state index in [9.17, 15) is 18.8 Å². The van der Waals surface area contributed by atoms with Crippen LogP contribution in [0.2, 0.25) is 0 Å². The van der Waals surface area contributed by atoms with Crippen LogP contribution in [0, 0.1) is 11.7 Å². The molecule has 1 atom stereocenters. The van der Waals surface area contributed by atoms with Crippen molar-refractivity contribution >= 4 is 23.5 Å². The molecule has 4 N–H and O–H groups in total. The number of benzene rings is 2. The van der Waals surface area contributed by atoms with Gasteiger partial charge in [-0.15, -0.1) is 0 Å². The van der Waals surface area contributed by atoms with Crippen molar-refractivity contribution in [2.45, 2.75) is 25.8 Å². The maximum Gasteiger partial charge on any atom is 0.315 e. The highest BCUT2D eigenvalue weighted by atomic mass is 19.1. The Morgan fingerprint density at radius 3 is 2.23 bits per heavy atom. The van der Waals surface area contributed by atoms with Crippen LogP contribution in [0.4, 0.5) is 14.9 Å². The molecule has 1 fully saturated rings. The molecule has 0 saturated heterocycles. The summed E-state index contributed by atoms with van der Waals surface area (Å²) in [6.07, 6.45) is 1.91. The van der Waals surface area contributed by atoms with Crippen molar-refractivity contribution in [3.8, 4) is 0 Å². The fourth-order valence-electron chi connectivity index (χ4n) is 2.83. The van der Waals surface area contributed by atoms with Gasteiger partial charge >= 0.3 is 6.03 Å². The van der Waals surface area contributed by atoms with Crippen LogP contribution in [0.15, 0.2) is 48.5 Å². The average Bonchev–Trinajstić information content (AvgIpc) is 3.57. The van der Waals surface area contributed by atoms with E-state index < -0.39 is 5.82 Å². The Kier molecular flexibility index (Phi) is 7.00. The van der Waals surface area contributed by atoms with Crippen LogP contribution in [0.3, 0.4) is 0 Å². The third-order valence-corrected chi connectivity index (χ3v) is 4.78. The molecule has 0 aliphatic heterocycles. The number of nitrogens with one attached hydrogen (secondary N) is 4. The summed E-state index contributed by atoms with van der Waals surface area (Å²) in [6, 6.07) is 12.0. The van der Waals surface area contributed by atoms with Gasteiger partial charge in [0.05, 0.1) is 6.04 Å². The molecule has 158 valence electrons. The first-order chi connectivity index (χ1) is 14.4. The highest BCUT2D eigenvalue weighted by Crippen LogP contribution is 2.30. The number of amides is 4. The second-order valence-corrected chi connectivity index (χ2v) is 7.27. The van der Waals surface area contributed by atoms with Crippen LogP contribution in [-0.4, -0.2) is 30.9 Å². The summed E-state index contributed by atoms with van der Waals surface area (Å²) in [7, 11) is 0. The summed E-state index contributed by atoms with van der Waals surface area (Å²) in [5, 5.41) is 11.0. The molecule has 2 aromatic rings. The summed E-state index contributed by atoms with van der Waals surface area (Å²) >= 11 is 0. The van der Waals surface area contributed by atoms with Crippen LogP contribution >= 0.6 is 0 Å². The lowest BCUT2D eigenvalue weighted by Gasteiger charge is -2.16. The fourth-order valence-corrected chi connectivity index (χ4v) is 2.83. The molecular formula is C22H25FN4O3. The minimum absolute atomic E-state index is 0.0554. The molecule has 3 rings (SSSR count). The predicted molar refractivity (Wildman–Crippen MR) is 111 cm³/mol. The molecule has 0 bridgehead atoms. The zero-order valence-electron chi connectivity index (χ0n) is 16.7. The van der Waals surface area contributed by atoms with E-state index in [0.717, 1.165) is 24.1 Å². The number of rotatable bonds is 8. The molecule has 1 aliphatic rings. The number of carbonyl (C=O) groups excluding carboxylic acids is 3. The molecule has 1 aliphatic carbocycles. The van der Waals surface area contributed by atoms with Crippen molar-refractivity contribution in [1.29, 1.82) is 0 Å². The first-order valence-corrected chi connectivity index (χ1v) is 9.91. The Morgan fingerprint density at radius 2 is 1.60 bits per heavy atom. The van der Waals surface area contributed by atoms with Gasteiger partial charge in [-0.05, 0) is 61.7 Å². The van der Waals surface area contributed by atoms with Crippen molar-refractivity contribution in [3.05, 3.63) is 65.5 Å². The summed E-state index contributed by atoms with van der Waals surface area (Å²) in [5.74, 6) is -0.537. The standard InChI is InChI=1S/C22H25FN4O3/c1-14(15-6-10-19(11-7-15)27-21(29)17-2-3-17)26-22(30)25-13-12-24-20(28)16-4-8-18(23)9-5-16/h4-11,14,17H,2-3,12-13H2,1H3,(H,24,28)(H,27,29)(H2,25,26,30). The maximum atomic E-state index is 12.9. The van der Waals surface area contributed by atoms with Crippen molar-refractivity contribution in [1.82, 2.24) is 16.0 Å². The molecule has 4 amide bonds. The summed E-state index contributed by atoms with van der Waals surface area (Å²) in [4.78, 5) is 35.7. The summed E-state index contributed by atoms with van der Waals surface area (Å²) in [6.45, 7) is 2.35. The van der Waals surface area contributed by atoms with Gasteiger partial charge in [-0.25, -0.2) is 9.18 Å². The predicted octanol–water partition coefficient (Wildman–Crippen LogP) is 2.96. The van der Waals surface area contributed by atoms with Gasteiger partial charge in [0.25, 0.3) is 5.91 Å². The van der Waals surface area contributed by atoms with Gasteiger partial charge in [0.1, 0.15) is 5.82 Å². The molecule has 0 heterocycles. The third-order valence-electron chi connectivity index (χ3n) is 4.78. The molecule has 0 spiro atoms. The number of urea groups is 1. The van der Waals surface area contributed by atoms with E-state index in [2.05, 4.69) is 21.3 Å². The smallest absolute Gasteiger partial charge is 0.315 e. The number of hydrogen-bond donors (Lipinski definition) is 4. The zero-order chi connectivity index (χ0) is 21.5. The molecule has 7 nitrogen and oxygen atoms in total. The van der Waals surface area contributed by atoms with Gasteiger partial charge in [0.2, 0.25) is 5.91 Å². The Hall–Kier alpha value is -3.42. The molecule has 30 heavy (non-hydrogen) atoms. The number of anilines is 1. The lowest BCUT2D eigenvalue weighted by Crippen LogP contribution is -2.41. The maximum absolute atomic E-state index is 12.9. The summed E-state index contributed by atoms with van der Waals surface area (Å²) < 4.78 is 12.9. The van der Waals surface area contributed by atoms with Crippen LogP contribution in [0.5, 0.6) is 0 Å². The SMILES string of the molecule is CC(NC(=O)NCCNC(=O)c1ccc(F)cc1)c1ccc(NC(=O)C2CC2)cc1. The van der Waals surface area contributed by atoms with Crippen LogP contribution in [-0.2, 0) is 4.79 Å². The fraction of sp³-hybridized carbons (Fsp3) is 0.318. The number of carbonyl (C=O) groups is 3. The largest absolute Gasteiger partial charge is 0.350 e. The normalized spacial score (nSPS) is 13.8. The Morgan fingerprint density at radius 1 is 0.967 bits per heavy atom. The van der Waals surface area contributed by atoms with Crippen molar-refractivity contribution < 1.29 is 18.8 Å². The average molecular weight is 412 g/mol. The first-order valence-electron chi connectivity index (χ1n) is 9.91. The number of hydrogen-bond acceptors (Lipinski definition) is 3. The van der Waals surface area contributed by atoms with Gasteiger partial charge in [0.15, 0.2) is 0 Å². The lowest BCUT2D eigenvalue weighted by molar-refractivity contribution is -0.117. The molecule has 2 aromatic carbocycles. The Balaban J connectivity index is 1.36. The van der Waals surface area contributed by atoms with E-state index in [-0.39, 0.29) is 42.9 Å². The highest BCUT2D eigenvalue weighted by Gasteiger charge is 2.29. The Labute approximate surface area is 174 Å². The third kappa shape index (κ3) is 6.30. The van der Waals surface area contributed by atoms with E-state index in [1.54, 1.807) is 0 Å². The van der Waals surface area contributed by atoms with Gasteiger partial charge < -0.3 is 21.3 Å². The minimum Gasteiger partial charge on any atom is -0.350 e. The summed E-state index contributed by atoms with van der Waals surface area (Å²) in [5.41, 5.74) is 2.00. The quantitative estimate of drug-likeness (QED) is 0.502. The highest BCUT2D eigenvalue weighted by molar-refractivity contribution is 5.94. The van der Waals surface area contributed by atoms with Crippen LogP contribution in [0.1, 0.15) is 41.7 Å². The lowest BCUT2D eigenvalue weighted by atomic mass is 10.1. The molecule has 0 aromatic heterocycles. The molecule has 1 unspecified atom stereocenters. The van der Waals surface area contributed by atoms with Gasteiger partial charge in [-0.3, -0.25) is 9.59 Å². The second kappa shape index (κ2) is 9.87. The van der Waals surface area contributed by atoms with Gasteiger partial charge in [-0.2, -0.15) is 0 Å². The zero-order valence-corrected chi connectivity index (χ0v) is 16.7. The molecule has 0 radical (unpaired) electrons. The van der Waals surface area contributed by atoms with Crippen molar-refractivity contribution in [2.24, 2.45) is 5.92 Å². The number of halogens is 1. The Bertz CT molecular complexity index is 896. The van der Waals surface area contributed by atoms with E-state index in [0.29, 0.717) is 5.56 Å². The monoisotopic (exact) mass is 412 g/mol. The van der Waals surface area contributed by atoms with E-state index in [1.807, 2.05) is 31.2 Å². The second-order valence-electron chi connectivity index (χ2n) is 7.27. The van der Waals surface area contributed by atoms with Gasteiger partial charge in [-0.1, -0.05) is 12.1 Å². The topological polar surface area (TPSA) is 99.3 Å². The molecule has 8 heteroatoms. The van der Waals surface area contributed by atoms with Gasteiger partial charge in [0, 0.05) is 30.3 Å². The first kappa shape index (κ1) is 21.3. The molecular weight excluding hydrogens is 387 g/mol. The minimum atomic E-state index is -0.406. The van der Waals surface area contributed by atoms with E-state index in [4.69, 9.17) is 0 Å². The van der Waals surface area contributed by atoms with Crippen LogP contribution in [0.25, 0.3) is 0 Å².